The predicted molar refractivity (Wildman–Crippen MR) is 64.7 cm³/mol. The molecule has 2 aromatic rings. The monoisotopic (exact) mass is 242 g/mol. The van der Waals surface area contributed by atoms with Gasteiger partial charge in [0.1, 0.15) is 23.2 Å². The summed E-state index contributed by atoms with van der Waals surface area (Å²) in [6.45, 7) is 0. The minimum absolute atomic E-state index is 0.0673. The summed E-state index contributed by atoms with van der Waals surface area (Å²) >= 11 is 0. The lowest BCUT2D eigenvalue weighted by Gasteiger charge is -2.07. The molecule has 0 saturated carbocycles. The molecule has 0 saturated heterocycles. The first kappa shape index (κ1) is 12.1. The van der Waals surface area contributed by atoms with E-state index in [1.165, 1.54) is 13.2 Å². The number of methoxy groups -OCH3 is 1. The van der Waals surface area contributed by atoms with Gasteiger partial charge in [0.15, 0.2) is 0 Å². The second kappa shape index (κ2) is 5.28. The van der Waals surface area contributed by atoms with Crippen molar-refractivity contribution in [1.82, 2.24) is 4.98 Å². The molecule has 4 heteroatoms. The largest absolute Gasteiger partial charge is 0.495 e. The Balaban J connectivity index is 2.36. The fourth-order valence-electron chi connectivity index (χ4n) is 1.72. The number of ether oxygens (including phenoxy) is 1. The van der Waals surface area contributed by atoms with Crippen molar-refractivity contribution in [2.24, 2.45) is 0 Å². The number of rotatable bonds is 3. The van der Waals surface area contributed by atoms with E-state index in [4.69, 9.17) is 10.00 Å². The van der Waals surface area contributed by atoms with E-state index in [9.17, 15) is 4.39 Å². The molecule has 0 unspecified atom stereocenters. The van der Waals surface area contributed by atoms with E-state index in [0.29, 0.717) is 6.42 Å². The standard InChI is InChI=1S/C14H11FN2O/c1-18-14-8-10(7-13(15)12(14)9-16)6-11-4-2-3-5-17-11/h2-5,7-8H,6H2,1H3. The van der Waals surface area contributed by atoms with E-state index in [0.717, 1.165) is 11.3 Å². The van der Waals surface area contributed by atoms with Crippen molar-refractivity contribution in [3.8, 4) is 11.8 Å². The topological polar surface area (TPSA) is 45.9 Å². The smallest absolute Gasteiger partial charge is 0.145 e. The van der Waals surface area contributed by atoms with E-state index >= 15 is 0 Å². The van der Waals surface area contributed by atoms with E-state index in [1.54, 1.807) is 18.3 Å². The molecular weight excluding hydrogens is 231 g/mol. The van der Waals surface area contributed by atoms with Crippen LogP contribution >= 0.6 is 0 Å². The number of aromatic nitrogens is 1. The van der Waals surface area contributed by atoms with Gasteiger partial charge in [0.25, 0.3) is 0 Å². The third-order valence-corrected chi connectivity index (χ3v) is 2.56. The van der Waals surface area contributed by atoms with Crippen molar-refractivity contribution in [1.29, 1.82) is 5.26 Å². The minimum atomic E-state index is -0.567. The van der Waals surface area contributed by atoms with Gasteiger partial charge in [-0.2, -0.15) is 5.26 Å². The van der Waals surface area contributed by atoms with Gasteiger partial charge >= 0.3 is 0 Å². The number of nitrogens with zero attached hydrogens (tertiary/aromatic N) is 2. The molecule has 0 fully saturated rings. The predicted octanol–water partition coefficient (Wildman–Crippen LogP) is 2.69. The van der Waals surface area contributed by atoms with Crippen molar-refractivity contribution in [3.05, 3.63) is 59.2 Å². The molecule has 90 valence electrons. The molecular formula is C14H11FN2O. The third-order valence-electron chi connectivity index (χ3n) is 2.56. The van der Waals surface area contributed by atoms with Crippen molar-refractivity contribution in [3.63, 3.8) is 0 Å². The first-order valence-corrected chi connectivity index (χ1v) is 5.41. The molecule has 0 N–H and O–H groups in total. The Bertz CT molecular complexity index is 591. The van der Waals surface area contributed by atoms with Gasteiger partial charge in [-0.15, -0.1) is 0 Å². The summed E-state index contributed by atoms with van der Waals surface area (Å²) in [5, 5.41) is 8.83. The summed E-state index contributed by atoms with van der Waals surface area (Å²) in [6.07, 6.45) is 2.19. The Morgan fingerprint density at radius 2 is 2.22 bits per heavy atom. The summed E-state index contributed by atoms with van der Waals surface area (Å²) in [6, 6.07) is 10.4. The number of hydrogen-bond acceptors (Lipinski definition) is 3. The summed E-state index contributed by atoms with van der Waals surface area (Å²) in [4.78, 5) is 4.17. The molecule has 0 bridgehead atoms. The van der Waals surface area contributed by atoms with Crippen LogP contribution in [-0.4, -0.2) is 12.1 Å². The maximum absolute atomic E-state index is 13.7. The first-order chi connectivity index (χ1) is 8.74. The van der Waals surface area contributed by atoms with Crippen LogP contribution in [0.3, 0.4) is 0 Å². The van der Waals surface area contributed by atoms with Crippen LogP contribution in [0.2, 0.25) is 0 Å². The lowest BCUT2D eigenvalue weighted by atomic mass is 10.1. The fourth-order valence-corrected chi connectivity index (χ4v) is 1.72. The fraction of sp³-hybridized carbons (Fsp3) is 0.143. The Morgan fingerprint density at radius 1 is 1.39 bits per heavy atom. The van der Waals surface area contributed by atoms with Crippen LogP contribution < -0.4 is 4.74 Å². The lowest BCUT2D eigenvalue weighted by molar-refractivity contribution is 0.409. The van der Waals surface area contributed by atoms with Crippen molar-refractivity contribution >= 4 is 0 Å². The summed E-state index contributed by atoms with van der Waals surface area (Å²) in [5.41, 5.74) is 1.49. The number of halogens is 1. The van der Waals surface area contributed by atoms with Gasteiger partial charge in [0.2, 0.25) is 0 Å². The molecule has 2 rings (SSSR count). The second-order valence-corrected chi connectivity index (χ2v) is 3.76. The molecule has 1 heterocycles. The highest BCUT2D eigenvalue weighted by Crippen LogP contribution is 2.24. The van der Waals surface area contributed by atoms with E-state index in [2.05, 4.69) is 4.98 Å². The maximum Gasteiger partial charge on any atom is 0.145 e. The molecule has 0 aliphatic carbocycles. The SMILES string of the molecule is COc1cc(Cc2ccccn2)cc(F)c1C#N. The third kappa shape index (κ3) is 2.46. The average Bonchev–Trinajstić information content (AvgIpc) is 2.39. The summed E-state index contributed by atoms with van der Waals surface area (Å²) in [7, 11) is 1.42. The average molecular weight is 242 g/mol. The van der Waals surface area contributed by atoms with Gasteiger partial charge in [0, 0.05) is 18.3 Å². The van der Waals surface area contributed by atoms with Crippen LogP contribution in [0.4, 0.5) is 4.39 Å². The Hall–Kier alpha value is -2.41. The normalized spacial score (nSPS) is 9.83. The van der Waals surface area contributed by atoms with Crippen molar-refractivity contribution in [2.45, 2.75) is 6.42 Å². The molecule has 1 aromatic carbocycles. The van der Waals surface area contributed by atoms with E-state index < -0.39 is 5.82 Å². The Morgan fingerprint density at radius 3 is 2.83 bits per heavy atom. The first-order valence-electron chi connectivity index (χ1n) is 5.41. The number of nitriles is 1. The van der Waals surface area contributed by atoms with Crippen LogP contribution in [-0.2, 0) is 6.42 Å². The van der Waals surface area contributed by atoms with Crippen molar-refractivity contribution in [2.75, 3.05) is 7.11 Å². The summed E-state index contributed by atoms with van der Waals surface area (Å²) in [5.74, 6) is -0.314. The quantitative estimate of drug-likeness (QED) is 0.831. The van der Waals surface area contributed by atoms with Crippen LogP contribution in [0.5, 0.6) is 5.75 Å². The minimum Gasteiger partial charge on any atom is -0.495 e. The second-order valence-electron chi connectivity index (χ2n) is 3.76. The maximum atomic E-state index is 13.7. The molecule has 0 amide bonds. The van der Waals surface area contributed by atoms with Crippen LogP contribution in [0.1, 0.15) is 16.8 Å². The number of benzene rings is 1. The Kier molecular flexibility index (Phi) is 3.54. The van der Waals surface area contributed by atoms with Crippen LogP contribution in [0.15, 0.2) is 36.5 Å². The zero-order valence-electron chi connectivity index (χ0n) is 9.85. The molecule has 1 aromatic heterocycles. The molecule has 0 radical (unpaired) electrons. The van der Waals surface area contributed by atoms with E-state index in [1.807, 2.05) is 18.2 Å². The van der Waals surface area contributed by atoms with Gasteiger partial charge in [-0.1, -0.05) is 6.07 Å². The zero-order valence-corrected chi connectivity index (χ0v) is 9.85. The van der Waals surface area contributed by atoms with Crippen LogP contribution in [0, 0.1) is 17.1 Å². The molecule has 0 spiro atoms. The zero-order chi connectivity index (χ0) is 13.0. The van der Waals surface area contributed by atoms with Crippen molar-refractivity contribution < 1.29 is 9.13 Å². The molecule has 3 nitrogen and oxygen atoms in total. The van der Waals surface area contributed by atoms with Gasteiger partial charge in [-0.3, -0.25) is 4.98 Å². The summed E-state index contributed by atoms with van der Waals surface area (Å²) < 4.78 is 18.7. The molecule has 18 heavy (non-hydrogen) atoms. The number of hydrogen-bond donors (Lipinski definition) is 0. The van der Waals surface area contributed by atoms with Gasteiger partial charge in [-0.25, -0.2) is 4.39 Å². The molecule has 0 aliphatic rings. The molecule has 0 atom stereocenters. The van der Waals surface area contributed by atoms with Gasteiger partial charge < -0.3 is 4.74 Å². The molecule has 0 aliphatic heterocycles. The number of pyridine rings is 1. The highest BCUT2D eigenvalue weighted by Gasteiger charge is 2.11. The highest BCUT2D eigenvalue weighted by molar-refractivity contribution is 5.47. The van der Waals surface area contributed by atoms with Gasteiger partial charge in [-0.05, 0) is 29.8 Å². The van der Waals surface area contributed by atoms with Crippen LogP contribution in [0.25, 0.3) is 0 Å². The van der Waals surface area contributed by atoms with Gasteiger partial charge in [0.05, 0.1) is 7.11 Å². The highest BCUT2D eigenvalue weighted by atomic mass is 19.1. The van der Waals surface area contributed by atoms with E-state index in [-0.39, 0.29) is 11.3 Å². The Labute approximate surface area is 104 Å². The lowest BCUT2D eigenvalue weighted by Crippen LogP contribution is -1.97.